The average molecular weight is 239 g/mol. The second kappa shape index (κ2) is 5.95. The van der Waals surface area contributed by atoms with E-state index in [1.165, 1.54) is 0 Å². The summed E-state index contributed by atoms with van der Waals surface area (Å²) in [5, 5.41) is 2.71. The minimum atomic E-state index is -0.472. The number of ether oxygens (including phenoxy) is 1. The molecule has 0 rings (SSSR count). The zero-order valence-corrected chi connectivity index (χ0v) is 11.9. The highest BCUT2D eigenvalue weighted by atomic mass is 16.6. The molecule has 1 N–H and O–H groups in total. The zero-order valence-electron chi connectivity index (χ0n) is 11.9. The number of hydrogen-bond acceptors (Lipinski definition) is 2. The van der Waals surface area contributed by atoms with Gasteiger partial charge in [-0.1, -0.05) is 20.8 Å². The summed E-state index contributed by atoms with van der Waals surface area (Å²) in [6, 6.07) is 0. The Morgan fingerprint density at radius 1 is 1.29 bits per heavy atom. The molecule has 0 heterocycles. The molecule has 0 fully saturated rings. The fourth-order valence-electron chi connectivity index (χ4n) is 1.45. The lowest BCUT2D eigenvalue weighted by Gasteiger charge is -2.24. The van der Waals surface area contributed by atoms with Crippen molar-refractivity contribution in [1.82, 2.24) is 5.32 Å². The number of hydrogen-bond donors (Lipinski definition) is 1. The van der Waals surface area contributed by atoms with Crippen molar-refractivity contribution in [3.05, 3.63) is 0 Å². The Morgan fingerprint density at radius 3 is 2.18 bits per heavy atom. The Balaban J connectivity index is 4.09. The van der Waals surface area contributed by atoms with Crippen molar-refractivity contribution < 1.29 is 9.53 Å². The maximum atomic E-state index is 11.4. The van der Waals surface area contributed by atoms with Crippen LogP contribution >= 0.6 is 0 Å². The number of amides is 1. The summed E-state index contributed by atoms with van der Waals surface area (Å²) in [6.07, 6.45) is 5.92. The number of terminal acetylenes is 1. The van der Waals surface area contributed by atoms with Crippen molar-refractivity contribution in [1.29, 1.82) is 0 Å². The van der Waals surface area contributed by atoms with Crippen LogP contribution in [-0.2, 0) is 4.74 Å². The summed E-state index contributed by atoms with van der Waals surface area (Å²) < 4.78 is 5.14. The molecular weight excluding hydrogens is 214 g/mol. The van der Waals surface area contributed by atoms with Crippen molar-refractivity contribution in [3.8, 4) is 12.3 Å². The number of nitrogens with one attached hydrogen (secondary N) is 1. The molecule has 0 aliphatic heterocycles. The molecule has 0 aromatic carbocycles. The van der Waals surface area contributed by atoms with Crippen LogP contribution in [0, 0.1) is 23.7 Å². The Labute approximate surface area is 105 Å². The Bertz CT molecular complexity index is 289. The van der Waals surface area contributed by atoms with Crippen LogP contribution in [0.4, 0.5) is 4.79 Å². The highest BCUT2D eigenvalue weighted by Gasteiger charge is 2.20. The summed E-state index contributed by atoms with van der Waals surface area (Å²) >= 11 is 0. The van der Waals surface area contributed by atoms with E-state index in [0.717, 1.165) is 6.42 Å². The molecule has 0 aliphatic carbocycles. The van der Waals surface area contributed by atoms with Crippen LogP contribution in [-0.4, -0.2) is 18.2 Å². The number of carbonyl (C=O) groups excluding carboxylic acids is 1. The van der Waals surface area contributed by atoms with Gasteiger partial charge in [-0.2, -0.15) is 0 Å². The van der Waals surface area contributed by atoms with Crippen LogP contribution in [0.2, 0.25) is 0 Å². The van der Waals surface area contributed by atoms with E-state index in [9.17, 15) is 4.79 Å². The lowest BCUT2D eigenvalue weighted by Crippen LogP contribution is -2.35. The molecule has 3 nitrogen and oxygen atoms in total. The SMILES string of the molecule is C#CC(CNC(=O)OC(C)(C)C)CC(C)(C)C. The van der Waals surface area contributed by atoms with Gasteiger partial charge in [0.15, 0.2) is 0 Å². The molecule has 3 heteroatoms. The quantitative estimate of drug-likeness (QED) is 0.768. The highest BCUT2D eigenvalue weighted by molar-refractivity contribution is 5.67. The first-order valence-electron chi connectivity index (χ1n) is 5.96. The normalized spacial score (nSPS) is 13.7. The van der Waals surface area contributed by atoms with Crippen LogP contribution < -0.4 is 5.32 Å². The standard InChI is InChI=1S/C14H25NO2/c1-8-11(9-13(2,3)4)10-15-12(16)17-14(5,6)7/h1,11H,9-10H2,2-7H3,(H,15,16). The van der Waals surface area contributed by atoms with Crippen LogP contribution in [0.5, 0.6) is 0 Å². The van der Waals surface area contributed by atoms with Gasteiger partial charge in [0.2, 0.25) is 0 Å². The van der Waals surface area contributed by atoms with Gasteiger partial charge in [0.1, 0.15) is 5.60 Å². The Morgan fingerprint density at radius 2 is 1.82 bits per heavy atom. The molecule has 1 amide bonds. The van der Waals surface area contributed by atoms with Gasteiger partial charge < -0.3 is 10.1 Å². The molecule has 0 aromatic rings. The molecule has 1 atom stereocenters. The lowest BCUT2D eigenvalue weighted by atomic mass is 9.85. The van der Waals surface area contributed by atoms with Crippen molar-refractivity contribution >= 4 is 6.09 Å². The van der Waals surface area contributed by atoms with Crippen LogP contribution in [0.3, 0.4) is 0 Å². The van der Waals surface area contributed by atoms with Gasteiger partial charge in [-0.25, -0.2) is 4.79 Å². The molecular formula is C14H25NO2. The topological polar surface area (TPSA) is 38.3 Å². The second-order valence-corrected chi connectivity index (χ2v) is 6.51. The number of carbonyl (C=O) groups is 1. The largest absolute Gasteiger partial charge is 0.444 e. The summed E-state index contributed by atoms with van der Waals surface area (Å²) in [4.78, 5) is 11.4. The predicted molar refractivity (Wildman–Crippen MR) is 70.6 cm³/mol. The van der Waals surface area contributed by atoms with Crippen molar-refractivity contribution in [2.24, 2.45) is 11.3 Å². The molecule has 0 aromatic heterocycles. The third-order valence-electron chi connectivity index (χ3n) is 1.99. The van der Waals surface area contributed by atoms with Crippen LogP contribution in [0.15, 0.2) is 0 Å². The fourth-order valence-corrected chi connectivity index (χ4v) is 1.45. The summed E-state index contributed by atoms with van der Waals surface area (Å²) in [5.74, 6) is 2.75. The fraction of sp³-hybridized carbons (Fsp3) is 0.786. The molecule has 98 valence electrons. The first-order valence-corrected chi connectivity index (χ1v) is 5.96. The van der Waals surface area contributed by atoms with E-state index in [1.807, 2.05) is 20.8 Å². The molecule has 0 spiro atoms. The molecule has 0 bridgehead atoms. The van der Waals surface area contributed by atoms with Gasteiger partial charge in [0, 0.05) is 12.5 Å². The highest BCUT2D eigenvalue weighted by Crippen LogP contribution is 2.23. The predicted octanol–water partition coefficient (Wildman–Crippen LogP) is 3.20. The molecule has 0 saturated carbocycles. The van der Waals surface area contributed by atoms with Crippen molar-refractivity contribution in [2.45, 2.75) is 53.6 Å². The van der Waals surface area contributed by atoms with Gasteiger partial charge >= 0.3 is 6.09 Å². The van der Waals surface area contributed by atoms with Crippen molar-refractivity contribution in [3.63, 3.8) is 0 Å². The van der Waals surface area contributed by atoms with E-state index >= 15 is 0 Å². The first kappa shape index (κ1) is 15.8. The molecule has 0 aliphatic rings. The summed E-state index contributed by atoms with van der Waals surface area (Å²) in [5.41, 5.74) is -0.313. The molecule has 0 radical (unpaired) electrons. The number of rotatable bonds is 3. The lowest BCUT2D eigenvalue weighted by molar-refractivity contribution is 0.0520. The van der Waals surface area contributed by atoms with E-state index in [4.69, 9.17) is 11.2 Å². The Kier molecular flexibility index (Phi) is 5.54. The maximum absolute atomic E-state index is 11.4. The van der Waals surface area contributed by atoms with Gasteiger partial charge in [-0.05, 0) is 32.6 Å². The minimum absolute atomic E-state index is 0.0440. The van der Waals surface area contributed by atoms with E-state index in [0.29, 0.717) is 6.54 Å². The molecule has 1 unspecified atom stereocenters. The second-order valence-electron chi connectivity index (χ2n) is 6.51. The van der Waals surface area contributed by atoms with Crippen LogP contribution in [0.25, 0.3) is 0 Å². The third-order valence-corrected chi connectivity index (χ3v) is 1.99. The average Bonchev–Trinajstić information content (AvgIpc) is 2.07. The summed E-state index contributed by atoms with van der Waals surface area (Å²) in [6.45, 7) is 12.4. The smallest absolute Gasteiger partial charge is 0.407 e. The number of alkyl carbamates (subject to hydrolysis) is 1. The van der Waals surface area contributed by atoms with E-state index in [-0.39, 0.29) is 11.3 Å². The van der Waals surface area contributed by atoms with Gasteiger partial charge in [0.05, 0.1) is 0 Å². The van der Waals surface area contributed by atoms with E-state index in [1.54, 1.807) is 0 Å². The summed E-state index contributed by atoms with van der Waals surface area (Å²) in [7, 11) is 0. The minimum Gasteiger partial charge on any atom is -0.444 e. The molecule has 17 heavy (non-hydrogen) atoms. The van der Waals surface area contributed by atoms with E-state index < -0.39 is 11.7 Å². The van der Waals surface area contributed by atoms with Crippen molar-refractivity contribution in [2.75, 3.05) is 6.54 Å². The van der Waals surface area contributed by atoms with Gasteiger partial charge in [-0.3, -0.25) is 0 Å². The van der Waals surface area contributed by atoms with Crippen LogP contribution in [0.1, 0.15) is 48.0 Å². The first-order chi connectivity index (χ1) is 7.53. The van der Waals surface area contributed by atoms with E-state index in [2.05, 4.69) is 32.0 Å². The van der Waals surface area contributed by atoms with Gasteiger partial charge in [0.25, 0.3) is 0 Å². The molecule has 0 saturated heterocycles. The monoisotopic (exact) mass is 239 g/mol. The Hall–Kier alpha value is -1.17. The third kappa shape index (κ3) is 9.74. The van der Waals surface area contributed by atoms with Gasteiger partial charge in [-0.15, -0.1) is 12.3 Å². The maximum Gasteiger partial charge on any atom is 0.407 e. The zero-order chi connectivity index (χ0) is 13.7.